The van der Waals surface area contributed by atoms with Crippen molar-refractivity contribution in [3.63, 3.8) is 0 Å². The van der Waals surface area contributed by atoms with Crippen molar-refractivity contribution in [1.29, 1.82) is 0 Å². The van der Waals surface area contributed by atoms with Crippen LogP contribution in [0.25, 0.3) is 11.0 Å². The first-order valence-electron chi connectivity index (χ1n) is 10.1. The van der Waals surface area contributed by atoms with E-state index in [1.165, 1.54) is 0 Å². The maximum atomic E-state index is 10.8. The Morgan fingerprint density at radius 2 is 1.87 bits per heavy atom. The van der Waals surface area contributed by atoms with Crippen LogP contribution in [0.2, 0.25) is 0 Å². The molecule has 31 heavy (non-hydrogen) atoms. The van der Waals surface area contributed by atoms with Crippen LogP contribution in [-0.4, -0.2) is 56.6 Å². The van der Waals surface area contributed by atoms with Gasteiger partial charge in [-0.2, -0.15) is 0 Å². The predicted molar refractivity (Wildman–Crippen MR) is 117 cm³/mol. The third-order valence-electron chi connectivity index (χ3n) is 5.70. The predicted octanol–water partition coefficient (Wildman–Crippen LogP) is 4.14. The minimum absolute atomic E-state index is 0.0141. The molecule has 1 aliphatic rings. The van der Waals surface area contributed by atoms with Gasteiger partial charge in [0.05, 0.1) is 14.2 Å². The molecule has 8 nitrogen and oxygen atoms in total. The van der Waals surface area contributed by atoms with Gasteiger partial charge in [0, 0.05) is 55.4 Å². The highest BCUT2D eigenvalue weighted by atomic mass is 16.7. The van der Waals surface area contributed by atoms with E-state index in [1.807, 2.05) is 31.2 Å². The number of carbonyl (C=O) groups is 1. The third kappa shape index (κ3) is 4.25. The normalized spacial score (nSPS) is 14.6. The van der Waals surface area contributed by atoms with Crippen molar-refractivity contribution in [2.24, 2.45) is 0 Å². The molecule has 1 aromatic heterocycles. The van der Waals surface area contributed by atoms with Crippen LogP contribution in [0.15, 0.2) is 40.8 Å². The molecule has 1 saturated heterocycles. The molecule has 1 aliphatic heterocycles. The monoisotopic (exact) mass is 426 g/mol. The Balaban J connectivity index is 1.46. The first kappa shape index (κ1) is 20.9. The zero-order chi connectivity index (χ0) is 22.0. The molecule has 0 amide bonds. The summed E-state index contributed by atoms with van der Waals surface area (Å²) in [5, 5.41) is 9.66. The topological polar surface area (TPSA) is 84.6 Å². The summed E-state index contributed by atoms with van der Waals surface area (Å²) in [7, 11) is 3.32. The molecule has 0 unspecified atom stereocenters. The van der Waals surface area contributed by atoms with Gasteiger partial charge in [-0.05, 0) is 30.7 Å². The number of carboxylic acid groups (broad SMARTS) is 1. The third-order valence-corrected chi connectivity index (χ3v) is 5.70. The molecule has 3 aromatic rings. The number of rotatable bonds is 6. The molecule has 2 aromatic carbocycles. The first-order valence-corrected chi connectivity index (χ1v) is 10.1. The number of hydrogen-bond acceptors (Lipinski definition) is 7. The van der Waals surface area contributed by atoms with Gasteiger partial charge in [-0.3, -0.25) is 4.90 Å². The van der Waals surface area contributed by atoms with Gasteiger partial charge in [-0.1, -0.05) is 12.1 Å². The lowest BCUT2D eigenvalue weighted by Crippen LogP contribution is -2.46. The van der Waals surface area contributed by atoms with Gasteiger partial charge in [0.15, 0.2) is 11.5 Å². The Morgan fingerprint density at radius 1 is 1.10 bits per heavy atom. The van der Waals surface area contributed by atoms with Crippen molar-refractivity contribution >= 4 is 22.8 Å². The minimum Gasteiger partial charge on any atom is -0.493 e. The van der Waals surface area contributed by atoms with Gasteiger partial charge in [0.1, 0.15) is 5.58 Å². The van der Waals surface area contributed by atoms with Crippen molar-refractivity contribution in [1.82, 2.24) is 4.90 Å². The van der Waals surface area contributed by atoms with Gasteiger partial charge in [-0.15, -0.1) is 0 Å². The fourth-order valence-corrected chi connectivity index (χ4v) is 4.16. The van der Waals surface area contributed by atoms with E-state index in [0.29, 0.717) is 5.58 Å². The van der Waals surface area contributed by atoms with Gasteiger partial charge < -0.3 is 28.6 Å². The molecular weight excluding hydrogens is 400 g/mol. The van der Waals surface area contributed by atoms with Crippen LogP contribution in [-0.2, 0) is 6.54 Å². The Bertz CT molecular complexity index is 1090. The van der Waals surface area contributed by atoms with Crippen molar-refractivity contribution in [3.8, 4) is 17.4 Å². The molecule has 2 heterocycles. The van der Waals surface area contributed by atoms with Gasteiger partial charge in [0.25, 0.3) is 5.95 Å². The van der Waals surface area contributed by atoms with Gasteiger partial charge >= 0.3 is 6.16 Å². The number of para-hydroxylation sites is 1. The zero-order valence-corrected chi connectivity index (χ0v) is 17.9. The van der Waals surface area contributed by atoms with Crippen LogP contribution < -0.4 is 19.1 Å². The molecule has 164 valence electrons. The SMILES string of the molecule is COc1cccc(CN2CCN(c3ccc4oc(OC(=O)O)cc4c3C)CC2)c1OC. The van der Waals surface area contributed by atoms with Crippen LogP contribution in [0, 0.1) is 6.92 Å². The minimum atomic E-state index is -1.39. The smallest absolute Gasteiger partial charge is 0.493 e. The van der Waals surface area contributed by atoms with E-state index in [9.17, 15) is 4.79 Å². The number of nitrogens with zero attached hydrogens (tertiary/aromatic N) is 2. The summed E-state index contributed by atoms with van der Waals surface area (Å²) < 4.78 is 21.1. The van der Waals surface area contributed by atoms with E-state index in [-0.39, 0.29) is 5.95 Å². The van der Waals surface area contributed by atoms with E-state index in [4.69, 9.17) is 19.0 Å². The maximum absolute atomic E-state index is 10.8. The molecule has 0 aliphatic carbocycles. The summed E-state index contributed by atoms with van der Waals surface area (Å²) in [4.78, 5) is 15.5. The summed E-state index contributed by atoms with van der Waals surface area (Å²) in [5.74, 6) is 1.52. The van der Waals surface area contributed by atoms with E-state index < -0.39 is 6.16 Å². The number of hydrogen-bond donors (Lipinski definition) is 1. The number of benzene rings is 2. The standard InChI is InChI=1S/C23H26N2O6/c1-15-17-13-21(31-23(26)27)30-19(17)8-7-18(15)25-11-9-24(10-12-25)14-16-5-4-6-20(28-2)22(16)29-3/h4-8,13H,9-12,14H2,1-3H3,(H,26,27). The summed E-state index contributed by atoms with van der Waals surface area (Å²) in [5.41, 5.74) is 3.89. The number of fused-ring (bicyclic) bond motifs is 1. The molecule has 0 spiro atoms. The average Bonchev–Trinajstić information content (AvgIpc) is 3.17. The van der Waals surface area contributed by atoms with Crippen LogP contribution in [0.1, 0.15) is 11.1 Å². The van der Waals surface area contributed by atoms with Crippen molar-refractivity contribution in [2.45, 2.75) is 13.5 Å². The van der Waals surface area contributed by atoms with Crippen LogP contribution in [0.4, 0.5) is 10.5 Å². The maximum Gasteiger partial charge on any atom is 0.513 e. The molecule has 0 radical (unpaired) electrons. The van der Waals surface area contributed by atoms with Crippen LogP contribution in [0.5, 0.6) is 17.4 Å². The molecule has 0 atom stereocenters. The van der Waals surface area contributed by atoms with E-state index in [2.05, 4.69) is 20.6 Å². The van der Waals surface area contributed by atoms with Crippen LogP contribution in [0.3, 0.4) is 0 Å². The number of aryl methyl sites for hydroxylation is 1. The summed E-state index contributed by atoms with van der Waals surface area (Å²) >= 11 is 0. The average molecular weight is 426 g/mol. The van der Waals surface area contributed by atoms with E-state index in [0.717, 1.165) is 66.4 Å². The Hall–Kier alpha value is -3.39. The number of ether oxygens (including phenoxy) is 3. The second kappa shape index (κ2) is 8.77. The van der Waals surface area contributed by atoms with Crippen molar-refractivity contribution < 1.29 is 28.5 Å². The Labute approximate surface area is 180 Å². The second-order valence-electron chi connectivity index (χ2n) is 7.47. The lowest BCUT2D eigenvalue weighted by atomic mass is 10.1. The molecule has 0 saturated carbocycles. The molecular formula is C23H26N2O6. The van der Waals surface area contributed by atoms with Crippen molar-refractivity contribution in [3.05, 3.63) is 47.5 Å². The molecule has 1 N–H and O–H groups in total. The lowest BCUT2D eigenvalue weighted by Gasteiger charge is -2.37. The van der Waals surface area contributed by atoms with E-state index >= 15 is 0 Å². The quantitative estimate of drug-likeness (QED) is 0.589. The van der Waals surface area contributed by atoms with E-state index in [1.54, 1.807) is 20.3 Å². The molecule has 1 fully saturated rings. The lowest BCUT2D eigenvalue weighted by molar-refractivity contribution is 0.134. The first-order chi connectivity index (χ1) is 15.0. The summed E-state index contributed by atoms with van der Waals surface area (Å²) in [6.07, 6.45) is -1.39. The Kier molecular flexibility index (Phi) is 5.90. The number of methoxy groups -OCH3 is 2. The molecule has 4 rings (SSSR count). The summed E-state index contributed by atoms with van der Waals surface area (Å²) in [6, 6.07) is 11.5. The number of piperazine rings is 1. The number of furan rings is 1. The zero-order valence-electron chi connectivity index (χ0n) is 17.9. The number of anilines is 1. The molecule has 0 bridgehead atoms. The van der Waals surface area contributed by atoms with Crippen LogP contribution >= 0.6 is 0 Å². The molecule has 8 heteroatoms. The Morgan fingerprint density at radius 3 is 2.55 bits per heavy atom. The fraction of sp³-hybridized carbons (Fsp3) is 0.348. The highest BCUT2D eigenvalue weighted by Gasteiger charge is 2.22. The van der Waals surface area contributed by atoms with Gasteiger partial charge in [-0.25, -0.2) is 4.79 Å². The highest BCUT2D eigenvalue weighted by Crippen LogP contribution is 2.35. The highest BCUT2D eigenvalue weighted by molar-refractivity contribution is 5.88. The largest absolute Gasteiger partial charge is 0.513 e. The summed E-state index contributed by atoms with van der Waals surface area (Å²) in [6.45, 7) is 6.41. The second-order valence-corrected chi connectivity index (χ2v) is 7.47. The van der Waals surface area contributed by atoms with Gasteiger partial charge in [0.2, 0.25) is 0 Å². The van der Waals surface area contributed by atoms with Crippen molar-refractivity contribution in [2.75, 3.05) is 45.3 Å². The fourth-order valence-electron chi connectivity index (χ4n) is 4.16.